The third-order valence-corrected chi connectivity index (χ3v) is 4.62. The van der Waals surface area contributed by atoms with Gasteiger partial charge in [0.1, 0.15) is 5.54 Å². The maximum atomic E-state index is 12.5. The molecule has 0 aromatic carbocycles. The lowest BCUT2D eigenvalue weighted by molar-refractivity contribution is -0.127. The largest absolute Gasteiger partial charge is 0.343 e. The van der Waals surface area contributed by atoms with Gasteiger partial charge in [-0.15, -0.1) is 12.4 Å². The fourth-order valence-electron chi connectivity index (χ4n) is 3.47. The molecular formula is C14H23ClN4O2. The Morgan fingerprint density at radius 3 is 2.62 bits per heavy atom. The summed E-state index contributed by atoms with van der Waals surface area (Å²) in [5, 5.41) is 7.24. The highest BCUT2D eigenvalue weighted by Gasteiger charge is 2.42. The molecule has 2 aliphatic rings. The van der Waals surface area contributed by atoms with E-state index >= 15 is 0 Å². The zero-order chi connectivity index (χ0) is 14.2. The second-order valence-corrected chi connectivity index (χ2v) is 6.19. The van der Waals surface area contributed by atoms with Crippen LogP contribution in [0.5, 0.6) is 0 Å². The molecule has 1 aromatic rings. The van der Waals surface area contributed by atoms with Gasteiger partial charge in [0.25, 0.3) is 0 Å². The van der Waals surface area contributed by atoms with E-state index < -0.39 is 5.54 Å². The fraction of sp³-hybridized carbons (Fsp3) is 0.786. The van der Waals surface area contributed by atoms with Gasteiger partial charge in [-0.1, -0.05) is 18.0 Å². The molecule has 0 spiro atoms. The number of nitrogens with zero attached hydrogens (tertiary/aromatic N) is 2. The minimum atomic E-state index is -0.429. The first-order chi connectivity index (χ1) is 9.59. The molecule has 2 aliphatic carbocycles. The van der Waals surface area contributed by atoms with Crippen molar-refractivity contribution in [3.05, 3.63) is 11.7 Å². The predicted octanol–water partition coefficient (Wildman–Crippen LogP) is 1.81. The standard InChI is InChI=1S/C14H22N4O2.ClH/c1-9-16-13(18-20-9)14(6-2-3-7-14)17-12(19)10-4-5-11(15)8-10;/h10-11H,2-8,15H2,1H3,(H,17,19);1H. The first kappa shape index (κ1) is 16.2. The highest BCUT2D eigenvalue weighted by atomic mass is 35.5. The van der Waals surface area contributed by atoms with Crippen LogP contribution in [0, 0.1) is 12.8 Å². The maximum Gasteiger partial charge on any atom is 0.223 e. The normalized spacial score (nSPS) is 27.3. The van der Waals surface area contributed by atoms with Crippen LogP contribution in [0.3, 0.4) is 0 Å². The van der Waals surface area contributed by atoms with E-state index in [0.717, 1.165) is 44.9 Å². The Labute approximate surface area is 130 Å². The fourth-order valence-corrected chi connectivity index (χ4v) is 3.47. The molecule has 7 heteroatoms. The van der Waals surface area contributed by atoms with Crippen LogP contribution >= 0.6 is 12.4 Å². The Kier molecular flexibility index (Phi) is 4.88. The van der Waals surface area contributed by atoms with E-state index in [4.69, 9.17) is 10.3 Å². The van der Waals surface area contributed by atoms with Crippen LogP contribution in [0.15, 0.2) is 4.52 Å². The minimum absolute atomic E-state index is 0. The predicted molar refractivity (Wildman–Crippen MR) is 79.9 cm³/mol. The Bertz CT molecular complexity index is 499. The van der Waals surface area contributed by atoms with Crippen LogP contribution < -0.4 is 11.1 Å². The number of aryl methyl sites for hydroxylation is 1. The van der Waals surface area contributed by atoms with Crippen molar-refractivity contribution in [2.75, 3.05) is 0 Å². The molecule has 0 aliphatic heterocycles. The average molecular weight is 315 g/mol. The van der Waals surface area contributed by atoms with Crippen molar-refractivity contribution in [1.82, 2.24) is 15.5 Å². The number of amides is 1. The van der Waals surface area contributed by atoms with Crippen molar-refractivity contribution in [2.45, 2.75) is 63.5 Å². The van der Waals surface area contributed by atoms with Crippen molar-refractivity contribution in [3.63, 3.8) is 0 Å². The summed E-state index contributed by atoms with van der Waals surface area (Å²) in [5.74, 6) is 1.31. The molecule has 2 atom stereocenters. The lowest BCUT2D eigenvalue weighted by Gasteiger charge is -2.28. The van der Waals surface area contributed by atoms with Gasteiger partial charge in [0.05, 0.1) is 0 Å². The summed E-state index contributed by atoms with van der Waals surface area (Å²) in [7, 11) is 0. The highest BCUT2D eigenvalue weighted by Crippen LogP contribution is 2.38. The van der Waals surface area contributed by atoms with Gasteiger partial charge in [-0.2, -0.15) is 4.98 Å². The molecule has 3 rings (SSSR count). The van der Waals surface area contributed by atoms with Crippen molar-refractivity contribution in [3.8, 4) is 0 Å². The third-order valence-electron chi connectivity index (χ3n) is 4.62. The van der Waals surface area contributed by atoms with E-state index in [1.807, 2.05) is 0 Å². The molecule has 2 fully saturated rings. The molecule has 6 nitrogen and oxygen atoms in total. The van der Waals surface area contributed by atoms with Crippen LogP contribution in [0.25, 0.3) is 0 Å². The van der Waals surface area contributed by atoms with Gasteiger partial charge in [-0.25, -0.2) is 0 Å². The molecule has 1 amide bonds. The number of rotatable bonds is 3. The number of carbonyl (C=O) groups excluding carboxylic acids is 1. The Hall–Kier alpha value is -1.14. The molecule has 0 radical (unpaired) electrons. The SMILES string of the molecule is Cc1nc(C2(NC(=O)C3CCC(N)C3)CCCC2)no1.Cl. The molecule has 118 valence electrons. The lowest BCUT2D eigenvalue weighted by atomic mass is 9.94. The molecule has 2 unspecified atom stereocenters. The summed E-state index contributed by atoms with van der Waals surface area (Å²) in [5.41, 5.74) is 5.47. The van der Waals surface area contributed by atoms with Gasteiger partial charge in [-0.05, 0) is 32.1 Å². The van der Waals surface area contributed by atoms with Gasteiger partial charge in [0.15, 0.2) is 5.82 Å². The molecule has 1 heterocycles. The second kappa shape index (κ2) is 6.32. The first-order valence-electron chi connectivity index (χ1n) is 7.47. The molecule has 2 saturated carbocycles. The zero-order valence-electron chi connectivity index (χ0n) is 12.3. The van der Waals surface area contributed by atoms with Crippen LogP contribution in [-0.4, -0.2) is 22.1 Å². The van der Waals surface area contributed by atoms with E-state index in [1.54, 1.807) is 6.92 Å². The summed E-state index contributed by atoms with van der Waals surface area (Å²) >= 11 is 0. The molecule has 0 saturated heterocycles. The smallest absolute Gasteiger partial charge is 0.223 e. The van der Waals surface area contributed by atoms with Crippen LogP contribution in [0.1, 0.15) is 56.7 Å². The monoisotopic (exact) mass is 314 g/mol. The van der Waals surface area contributed by atoms with Gasteiger partial charge in [0, 0.05) is 18.9 Å². The minimum Gasteiger partial charge on any atom is -0.343 e. The van der Waals surface area contributed by atoms with E-state index in [1.165, 1.54) is 0 Å². The number of carbonyl (C=O) groups is 1. The summed E-state index contributed by atoms with van der Waals surface area (Å²) in [6.07, 6.45) is 6.54. The van der Waals surface area contributed by atoms with Crippen molar-refractivity contribution >= 4 is 18.3 Å². The maximum absolute atomic E-state index is 12.5. The Morgan fingerprint density at radius 1 is 1.38 bits per heavy atom. The number of hydrogen-bond donors (Lipinski definition) is 2. The number of hydrogen-bond acceptors (Lipinski definition) is 5. The van der Waals surface area contributed by atoms with Crippen LogP contribution in [-0.2, 0) is 10.3 Å². The average Bonchev–Trinajstić information content (AvgIpc) is 3.10. The number of aromatic nitrogens is 2. The lowest BCUT2D eigenvalue weighted by Crippen LogP contribution is -2.47. The summed E-state index contributed by atoms with van der Waals surface area (Å²) in [6.45, 7) is 1.77. The number of nitrogens with two attached hydrogens (primary N) is 1. The van der Waals surface area contributed by atoms with Crippen LogP contribution in [0.4, 0.5) is 0 Å². The summed E-state index contributed by atoms with van der Waals surface area (Å²) in [4.78, 5) is 16.8. The first-order valence-corrected chi connectivity index (χ1v) is 7.47. The topological polar surface area (TPSA) is 94.0 Å². The van der Waals surface area contributed by atoms with E-state index in [2.05, 4.69) is 15.5 Å². The van der Waals surface area contributed by atoms with Crippen molar-refractivity contribution < 1.29 is 9.32 Å². The van der Waals surface area contributed by atoms with E-state index in [9.17, 15) is 4.79 Å². The van der Waals surface area contributed by atoms with E-state index in [-0.39, 0.29) is 30.3 Å². The van der Waals surface area contributed by atoms with Gasteiger partial charge < -0.3 is 15.6 Å². The molecule has 0 bridgehead atoms. The highest BCUT2D eigenvalue weighted by molar-refractivity contribution is 5.85. The summed E-state index contributed by atoms with van der Waals surface area (Å²) < 4.78 is 5.09. The third kappa shape index (κ3) is 3.21. The van der Waals surface area contributed by atoms with Gasteiger partial charge in [-0.3, -0.25) is 4.79 Å². The Balaban J connectivity index is 0.00000161. The number of halogens is 1. The molecular weight excluding hydrogens is 292 g/mol. The quantitative estimate of drug-likeness (QED) is 0.887. The van der Waals surface area contributed by atoms with Crippen LogP contribution in [0.2, 0.25) is 0 Å². The zero-order valence-corrected chi connectivity index (χ0v) is 13.1. The van der Waals surface area contributed by atoms with Crippen molar-refractivity contribution in [1.29, 1.82) is 0 Å². The number of nitrogens with one attached hydrogen (secondary N) is 1. The molecule has 3 N–H and O–H groups in total. The van der Waals surface area contributed by atoms with E-state index in [0.29, 0.717) is 11.7 Å². The second-order valence-electron chi connectivity index (χ2n) is 6.19. The summed E-state index contributed by atoms with van der Waals surface area (Å²) in [6, 6.07) is 0.165. The van der Waals surface area contributed by atoms with Gasteiger partial charge in [0.2, 0.25) is 11.8 Å². The van der Waals surface area contributed by atoms with Crippen molar-refractivity contribution in [2.24, 2.45) is 11.7 Å². The molecule has 1 aromatic heterocycles. The molecule has 21 heavy (non-hydrogen) atoms. The van der Waals surface area contributed by atoms with Gasteiger partial charge >= 0.3 is 0 Å². The Morgan fingerprint density at radius 2 is 2.10 bits per heavy atom.